The predicted octanol–water partition coefficient (Wildman–Crippen LogP) is 4.21. The van der Waals surface area contributed by atoms with Crippen molar-refractivity contribution in [3.05, 3.63) is 64.3 Å². The highest BCUT2D eigenvalue weighted by molar-refractivity contribution is 7.89. The largest absolute Gasteiger partial charge is 0.344 e. The molecule has 0 fully saturated rings. The van der Waals surface area contributed by atoms with E-state index >= 15 is 0 Å². The third-order valence-electron chi connectivity index (χ3n) is 4.84. The summed E-state index contributed by atoms with van der Waals surface area (Å²) in [7, 11) is -3.73. The fourth-order valence-corrected chi connectivity index (χ4v) is 5.07. The van der Waals surface area contributed by atoms with E-state index < -0.39 is 10.0 Å². The molecule has 3 rings (SSSR count). The molecule has 0 aliphatic heterocycles. The Morgan fingerprint density at radius 2 is 1.70 bits per heavy atom. The normalized spacial score (nSPS) is 12.2. The maximum absolute atomic E-state index is 12.8. The number of benzene rings is 2. The molecule has 0 saturated carbocycles. The van der Waals surface area contributed by atoms with Gasteiger partial charge in [0.1, 0.15) is 0 Å². The number of aryl methyl sites for hydroxylation is 4. The van der Waals surface area contributed by atoms with Crippen LogP contribution in [0.25, 0.3) is 10.9 Å². The van der Waals surface area contributed by atoms with Gasteiger partial charge in [-0.3, -0.25) is 0 Å². The van der Waals surface area contributed by atoms with Crippen LogP contribution in [0.1, 0.15) is 34.9 Å². The van der Waals surface area contributed by atoms with Crippen LogP contribution < -0.4 is 4.83 Å². The first-order valence-electron chi connectivity index (χ1n) is 8.96. The van der Waals surface area contributed by atoms with E-state index in [1.165, 1.54) is 0 Å². The van der Waals surface area contributed by atoms with Crippen LogP contribution >= 0.6 is 0 Å². The summed E-state index contributed by atoms with van der Waals surface area (Å²) in [6.45, 7) is 10.5. The number of para-hydroxylation sites is 1. The van der Waals surface area contributed by atoms with Crippen LogP contribution in [-0.4, -0.2) is 19.2 Å². The highest BCUT2D eigenvalue weighted by atomic mass is 32.2. The van der Waals surface area contributed by atoms with Crippen molar-refractivity contribution in [1.82, 2.24) is 9.40 Å². The van der Waals surface area contributed by atoms with Gasteiger partial charge in [0, 0.05) is 28.7 Å². The van der Waals surface area contributed by atoms with E-state index in [-0.39, 0.29) is 4.90 Å². The zero-order chi connectivity index (χ0) is 19.8. The van der Waals surface area contributed by atoms with Crippen molar-refractivity contribution in [2.45, 2.75) is 46.1 Å². The lowest BCUT2D eigenvalue weighted by molar-refractivity contribution is 0.583. The average Bonchev–Trinajstić information content (AvgIpc) is 2.85. The van der Waals surface area contributed by atoms with Gasteiger partial charge in [-0.2, -0.15) is 13.5 Å². The summed E-state index contributed by atoms with van der Waals surface area (Å²) in [6, 6.07) is 11.8. The van der Waals surface area contributed by atoms with Crippen molar-refractivity contribution in [1.29, 1.82) is 0 Å². The highest BCUT2D eigenvalue weighted by Crippen LogP contribution is 2.25. The van der Waals surface area contributed by atoms with Crippen LogP contribution in [-0.2, 0) is 16.6 Å². The Kier molecular flexibility index (Phi) is 5.11. The Labute approximate surface area is 160 Å². The summed E-state index contributed by atoms with van der Waals surface area (Å²) in [5, 5.41) is 5.13. The van der Waals surface area contributed by atoms with Gasteiger partial charge in [-0.25, -0.2) is 4.83 Å². The molecule has 1 heterocycles. The van der Waals surface area contributed by atoms with Crippen LogP contribution in [0.4, 0.5) is 0 Å². The fraction of sp³-hybridized carbons (Fsp3) is 0.286. The minimum atomic E-state index is -3.73. The molecular weight excluding hydrogens is 358 g/mol. The third kappa shape index (κ3) is 3.49. The van der Waals surface area contributed by atoms with Crippen LogP contribution in [0.5, 0.6) is 0 Å². The second-order valence-corrected chi connectivity index (χ2v) is 8.44. The van der Waals surface area contributed by atoms with Crippen LogP contribution in [0.15, 0.2) is 46.4 Å². The lowest BCUT2D eigenvalue weighted by Crippen LogP contribution is -2.20. The summed E-state index contributed by atoms with van der Waals surface area (Å²) in [6.07, 6.45) is 1.60. The quantitative estimate of drug-likeness (QED) is 0.530. The monoisotopic (exact) mass is 383 g/mol. The number of aromatic nitrogens is 1. The zero-order valence-electron chi connectivity index (χ0n) is 16.4. The van der Waals surface area contributed by atoms with Gasteiger partial charge in [0.2, 0.25) is 0 Å². The summed E-state index contributed by atoms with van der Waals surface area (Å²) in [4.78, 5) is 2.67. The van der Waals surface area contributed by atoms with E-state index in [2.05, 4.69) is 27.5 Å². The number of hydrogen-bond donors (Lipinski definition) is 1. The maximum atomic E-state index is 12.8. The first-order valence-corrected chi connectivity index (χ1v) is 10.4. The molecule has 0 bridgehead atoms. The lowest BCUT2D eigenvalue weighted by Gasteiger charge is -2.11. The summed E-state index contributed by atoms with van der Waals surface area (Å²) in [5.74, 6) is 0. The van der Waals surface area contributed by atoms with Gasteiger partial charge >= 0.3 is 0 Å². The molecule has 0 unspecified atom stereocenters. The first-order chi connectivity index (χ1) is 12.8. The standard InChI is InChI=1S/C21H25N3O2S/c1-6-24-17(5)19(18-9-7-8-10-20(18)24)13-22-23-27(25,26)21-15(3)11-14(2)12-16(21)4/h7-13,23H,6H2,1-5H3/b22-13+. The third-order valence-corrected chi connectivity index (χ3v) is 6.36. The number of sulfonamides is 1. The van der Waals surface area contributed by atoms with Gasteiger partial charge in [-0.05, 0) is 51.8 Å². The Hall–Kier alpha value is -2.60. The van der Waals surface area contributed by atoms with E-state index in [4.69, 9.17) is 0 Å². The molecule has 0 radical (unpaired) electrons. The molecule has 27 heavy (non-hydrogen) atoms. The second kappa shape index (κ2) is 7.19. The summed E-state index contributed by atoms with van der Waals surface area (Å²) >= 11 is 0. The van der Waals surface area contributed by atoms with Crippen molar-refractivity contribution < 1.29 is 8.42 Å². The Bertz CT molecular complexity index is 1120. The van der Waals surface area contributed by atoms with E-state index in [0.717, 1.165) is 34.3 Å². The number of hydrazone groups is 1. The van der Waals surface area contributed by atoms with Gasteiger partial charge in [0.05, 0.1) is 11.1 Å². The van der Waals surface area contributed by atoms with Gasteiger partial charge in [-0.15, -0.1) is 0 Å². The fourth-order valence-electron chi connectivity index (χ4n) is 3.82. The van der Waals surface area contributed by atoms with Crippen molar-refractivity contribution in [3.8, 4) is 0 Å². The molecular formula is C21H25N3O2S. The summed E-state index contributed by atoms with van der Waals surface area (Å²) in [5.41, 5.74) is 5.57. The Balaban J connectivity index is 1.97. The summed E-state index contributed by atoms with van der Waals surface area (Å²) < 4.78 is 27.7. The minimum Gasteiger partial charge on any atom is -0.344 e. The zero-order valence-corrected chi connectivity index (χ0v) is 17.2. The molecule has 2 aromatic carbocycles. The molecule has 142 valence electrons. The first kappa shape index (κ1) is 19.2. The number of nitrogens with zero attached hydrogens (tertiary/aromatic N) is 2. The van der Waals surface area contributed by atoms with E-state index in [9.17, 15) is 8.42 Å². The molecule has 0 amide bonds. The van der Waals surface area contributed by atoms with Crippen LogP contribution in [0.2, 0.25) is 0 Å². The van der Waals surface area contributed by atoms with E-state index in [1.54, 1.807) is 20.1 Å². The van der Waals surface area contributed by atoms with Crippen molar-refractivity contribution in [2.75, 3.05) is 0 Å². The highest BCUT2D eigenvalue weighted by Gasteiger charge is 2.19. The molecule has 1 aromatic heterocycles. The average molecular weight is 384 g/mol. The topological polar surface area (TPSA) is 63.5 Å². The molecule has 1 N–H and O–H groups in total. The molecule has 0 saturated heterocycles. The minimum absolute atomic E-state index is 0.290. The molecule has 0 spiro atoms. The van der Waals surface area contributed by atoms with Crippen LogP contribution in [0.3, 0.4) is 0 Å². The van der Waals surface area contributed by atoms with E-state index in [0.29, 0.717) is 11.1 Å². The van der Waals surface area contributed by atoms with Gasteiger partial charge in [-0.1, -0.05) is 35.9 Å². The van der Waals surface area contributed by atoms with Gasteiger partial charge < -0.3 is 4.57 Å². The Morgan fingerprint density at radius 1 is 1.07 bits per heavy atom. The van der Waals surface area contributed by atoms with Crippen LogP contribution in [0, 0.1) is 27.7 Å². The number of rotatable bonds is 5. The molecule has 0 atom stereocenters. The second-order valence-electron chi connectivity index (χ2n) is 6.84. The molecule has 0 aliphatic rings. The SMILES string of the molecule is CCn1c(C)c(/C=N/NS(=O)(=O)c2c(C)cc(C)cc2C)c2ccccc21. The Morgan fingerprint density at radius 3 is 2.33 bits per heavy atom. The predicted molar refractivity (Wildman–Crippen MR) is 111 cm³/mol. The molecule has 0 aliphatic carbocycles. The number of fused-ring (bicyclic) bond motifs is 1. The molecule has 5 nitrogen and oxygen atoms in total. The van der Waals surface area contributed by atoms with Gasteiger partial charge in [0.15, 0.2) is 0 Å². The number of hydrogen-bond acceptors (Lipinski definition) is 3. The van der Waals surface area contributed by atoms with E-state index in [1.807, 2.05) is 44.2 Å². The van der Waals surface area contributed by atoms with Gasteiger partial charge in [0.25, 0.3) is 10.0 Å². The van der Waals surface area contributed by atoms with Crippen molar-refractivity contribution in [2.24, 2.45) is 5.10 Å². The molecule has 3 aromatic rings. The smallest absolute Gasteiger partial charge is 0.277 e. The lowest BCUT2D eigenvalue weighted by atomic mass is 10.1. The molecule has 6 heteroatoms. The maximum Gasteiger partial charge on any atom is 0.277 e. The van der Waals surface area contributed by atoms with Crippen molar-refractivity contribution in [3.63, 3.8) is 0 Å². The van der Waals surface area contributed by atoms with Crippen molar-refractivity contribution >= 4 is 27.1 Å². The number of nitrogens with one attached hydrogen (secondary N) is 1.